The third-order valence-electron chi connectivity index (χ3n) is 4.54. The summed E-state index contributed by atoms with van der Waals surface area (Å²) < 4.78 is 36.0. The van der Waals surface area contributed by atoms with Gasteiger partial charge >= 0.3 is 0 Å². The Labute approximate surface area is 183 Å². The van der Waals surface area contributed by atoms with Crippen LogP contribution in [0.15, 0.2) is 79.4 Å². The Morgan fingerprint density at radius 3 is 1.64 bits per heavy atom. The van der Waals surface area contributed by atoms with E-state index in [1.807, 2.05) is 60.7 Å². The van der Waals surface area contributed by atoms with E-state index in [9.17, 15) is 13.0 Å². The Hall–Kier alpha value is -1.42. The summed E-state index contributed by atoms with van der Waals surface area (Å²) in [4.78, 5) is 0.599. The predicted octanol–water partition coefficient (Wildman–Crippen LogP) is 5.75. The molecule has 8 heteroatoms. The number of hydrogen-bond donors (Lipinski definition) is 2. The fraction of sp³-hybridized carbons (Fsp3) is 0. The van der Waals surface area contributed by atoms with Crippen molar-refractivity contribution in [2.45, 2.75) is 9.79 Å². The number of nitrogens with two attached hydrogens (primary N) is 1. The Balaban J connectivity index is 2.34. The van der Waals surface area contributed by atoms with Crippen LogP contribution in [-0.2, 0) is 22.1 Å². The third kappa shape index (κ3) is 3.28. The number of rotatable bonds is 3. The van der Waals surface area contributed by atoms with Crippen LogP contribution in [-0.4, -0.2) is 13.0 Å². The summed E-state index contributed by atoms with van der Waals surface area (Å²) in [5, 5.41) is 9.21. The second-order valence-electron chi connectivity index (χ2n) is 6.11. The van der Waals surface area contributed by atoms with Gasteiger partial charge in [0.25, 0.3) is 0 Å². The van der Waals surface area contributed by atoms with Crippen LogP contribution < -0.4 is 5.14 Å². The molecule has 0 spiro atoms. The fourth-order valence-corrected chi connectivity index (χ4v) is 6.51. The summed E-state index contributed by atoms with van der Waals surface area (Å²) in [6.07, 6.45) is 0. The summed E-state index contributed by atoms with van der Waals surface area (Å²) in [7, 11) is -1.82. The van der Waals surface area contributed by atoms with E-state index in [4.69, 9.17) is 5.14 Å². The lowest BCUT2D eigenvalue weighted by Crippen LogP contribution is -2.08. The summed E-state index contributed by atoms with van der Waals surface area (Å²) in [6, 6.07) is 18.8. The van der Waals surface area contributed by atoms with Gasteiger partial charge in [0.2, 0.25) is 0 Å². The number of hydrogen-bond acceptors (Lipinski definition) is 2. The molecule has 0 heterocycles. The number of benzene rings is 4. The van der Waals surface area contributed by atoms with E-state index < -0.39 is 22.1 Å². The van der Waals surface area contributed by atoms with Gasteiger partial charge in [-0.3, -0.25) is 0 Å². The van der Waals surface area contributed by atoms with Crippen LogP contribution in [0.5, 0.6) is 0 Å². The molecule has 0 fully saturated rings. The molecule has 0 aliphatic rings. The van der Waals surface area contributed by atoms with Gasteiger partial charge in [0.1, 0.15) is 11.0 Å². The highest BCUT2D eigenvalue weighted by Gasteiger charge is 2.25. The Kier molecular flexibility index (Phi) is 5.52. The Morgan fingerprint density at radius 1 is 0.750 bits per heavy atom. The first-order valence-electron chi connectivity index (χ1n) is 8.10. The predicted molar refractivity (Wildman–Crippen MR) is 122 cm³/mol. The molecule has 0 bridgehead atoms. The third-order valence-corrected chi connectivity index (χ3v) is 7.91. The molecule has 0 saturated heterocycles. The molecule has 0 radical (unpaired) electrons. The van der Waals surface area contributed by atoms with Gasteiger partial charge in [-0.15, -0.1) is 0 Å². The SMILES string of the molecule is NS(=O)c1c(Br)cc2ccccc2c1-c1c(S(=O)O)c(Br)cc2ccccc12. The maximum Gasteiger partial charge on any atom is 0.188 e. The van der Waals surface area contributed by atoms with E-state index in [1.54, 1.807) is 0 Å². The van der Waals surface area contributed by atoms with Gasteiger partial charge in [-0.2, -0.15) is 0 Å². The van der Waals surface area contributed by atoms with Crippen molar-refractivity contribution in [1.29, 1.82) is 0 Å². The van der Waals surface area contributed by atoms with Crippen molar-refractivity contribution in [3.8, 4) is 11.1 Å². The molecule has 4 nitrogen and oxygen atoms in total. The highest BCUT2D eigenvalue weighted by Crippen LogP contribution is 2.45. The number of halogens is 2. The maximum atomic E-state index is 12.5. The summed E-state index contributed by atoms with van der Waals surface area (Å²) in [5.41, 5.74) is 1.12. The van der Waals surface area contributed by atoms with Crippen molar-refractivity contribution in [3.63, 3.8) is 0 Å². The first-order valence-corrected chi connectivity index (χ1v) is 12.0. The molecule has 4 rings (SSSR count). The lowest BCUT2D eigenvalue weighted by Gasteiger charge is -2.19. The van der Waals surface area contributed by atoms with Crippen molar-refractivity contribution in [3.05, 3.63) is 69.6 Å². The lowest BCUT2D eigenvalue weighted by molar-refractivity contribution is 0.564. The molecule has 0 aliphatic carbocycles. The minimum absolute atomic E-state index is 0.216. The normalized spacial score (nSPS) is 13.7. The highest BCUT2D eigenvalue weighted by molar-refractivity contribution is 9.10. The lowest BCUT2D eigenvalue weighted by atomic mass is 9.93. The monoisotopic (exact) mass is 537 g/mol. The Morgan fingerprint density at radius 2 is 1.18 bits per heavy atom. The molecule has 2 unspecified atom stereocenters. The zero-order valence-corrected chi connectivity index (χ0v) is 19.0. The van der Waals surface area contributed by atoms with Crippen molar-refractivity contribution in [1.82, 2.24) is 0 Å². The van der Waals surface area contributed by atoms with Crippen molar-refractivity contribution in [2.24, 2.45) is 5.14 Å². The molecule has 0 saturated carbocycles. The van der Waals surface area contributed by atoms with Gasteiger partial charge in [-0.05, 0) is 65.5 Å². The molecule has 0 aliphatic heterocycles. The van der Waals surface area contributed by atoms with Crippen LogP contribution in [0.25, 0.3) is 32.7 Å². The fourth-order valence-electron chi connectivity index (χ4n) is 3.45. The first kappa shape index (κ1) is 19.9. The van der Waals surface area contributed by atoms with Gasteiger partial charge in [-0.1, -0.05) is 48.5 Å². The highest BCUT2D eigenvalue weighted by atomic mass is 79.9. The van der Waals surface area contributed by atoms with Crippen LogP contribution in [0.3, 0.4) is 0 Å². The molecular formula is C20H13Br2NO3S2. The molecule has 28 heavy (non-hydrogen) atoms. The van der Waals surface area contributed by atoms with Crippen LogP contribution in [0, 0.1) is 0 Å². The van der Waals surface area contributed by atoms with E-state index >= 15 is 0 Å². The van der Waals surface area contributed by atoms with Gasteiger partial charge < -0.3 is 4.55 Å². The zero-order valence-electron chi connectivity index (χ0n) is 14.2. The minimum atomic E-state index is -2.28. The van der Waals surface area contributed by atoms with Crippen molar-refractivity contribution in [2.75, 3.05) is 0 Å². The topological polar surface area (TPSA) is 80.4 Å². The molecular weight excluding hydrogens is 526 g/mol. The second-order valence-corrected chi connectivity index (χ2v) is 9.73. The smallest absolute Gasteiger partial charge is 0.188 e. The molecule has 0 amide bonds. The zero-order chi connectivity index (χ0) is 20.0. The number of fused-ring (bicyclic) bond motifs is 2. The minimum Gasteiger partial charge on any atom is -0.302 e. The molecule has 4 aromatic rings. The maximum absolute atomic E-state index is 12.5. The van der Waals surface area contributed by atoms with Gasteiger partial charge in [0, 0.05) is 20.1 Å². The van der Waals surface area contributed by atoms with Crippen molar-refractivity contribution < 1.29 is 13.0 Å². The van der Waals surface area contributed by atoms with E-state index in [2.05, 4.69) is 31.9 Å². The summed E-state index contributed by atoms with van der Waals surface area (Å²) >= 11 is 4.64. The molecule has 4 aromatic carbocycles. The van der Waals surface area contributed by atoms with E-state index in [-0.39, 0.29) is 4.90 Å². The Bertz CT molecular complexity index is 1210. The van der Waals surface area contributed by atoms with Gasteiger partial charge in [0.15, 0.2) is 11.1 Å². The van der Waals surface area contributed by atoms with Crippen LogP contribution in [0.1, 0.15) is 0 Å². The molecule has 0 aromatic heterocycles. The van der Waals surface area contributed by atoms with E-state index in [1.165, 1.54) is 0 Å². The quantitative estimate of drug-likeness (QED) is 0.326. The average Bonchev–Trinajstić information content (AvgIpc) is 2.65. The average molecular weight is 539 g/mol. The van der Waals surface area contributed by atoms with E-state index in [0.717, 1.165) is 21.5 Å². The molecule has 3 N–H and O–H groups in total. The van der Waals surface area contributed by atoms with Crippen LogP contribution in [0.4, 0.5) is 0 Å². The van der Waals surface area contributed by atoms with Crippen LogP contribution in [0.2, 0.25) is 0 Å². The summed E-state index contributed by atoms with van der Waals surface area (Å²) in [6.45, 7) is 0. The van der Waals surface area contributed by atoms with Crippen molar-refractivity contribution >= 4 is 75.5 Å². The van der Waals surface area contributed by atoms with Gasteiger partial charge in [0.05, 0.1) is 9.79 Å². The second kappa shape index (κ2) is 7.78. The van der Waals surface area contributed by atoms with Crippen LogP contribution >= 0.6 is 31.9 Å². The summed E-state index contributed by atoms with van der Waals surface area (Å²) in [5.74, 6) is 0. The van der Waals surface area contributed by atoms with Gasteiger partial charge in [-0.25, -0.2) is 13.6 Å². The standard InChI is InChI=1S/C20H13Br2NO3S2/c21-15-9-11-5-1-3-7-13(11)17(19(15)27(23)24)18-14-8-4-2-6-12(14)10-16(22)20(18)28(25)26/h1-10H,23H2,(H,25,26). The molecule has 142 valence electrons. The first-order chi connectivity index (χ1) is 13.4. The largest absolute Gasteiger partial charge is 0.302 e. The van der Waals surface area contributed by atoms with E-state index in [0.29, 0.717) is 25.0 Å². The molecule has 2 atom stereocenters.